The molecule has 5 unspecified atom stereocenters. The van der Waals surface area contributed by atoms with Gasteiger partial charge < -0.3 is 25.8 Å². The average molecular weight is 341 g/mol. The van der Waals surface area contributed by atoms with Gasteiger partial charge in [0.2, 0.25) is 0 Å². The predicted molar refractivity (Wildman–Crippen MR) is 84.7 cm³/mol. The van der Waals surface area contributed by atoms with Gasteiger partial charge in [-0.2, -0.15) is 11.8 Å². The predicted octanol–water partition coefficient (Wildman–Crippen LogP) is -0.858. The van der Waals surface area contributed by atoms with Gasteiger partial charge in [-0.25, -0.2) is 15.0 Å². The lowest BCUT2D eigenvalue weighted by Gasteiger charge is -2.20. The molecule has 1 aliphatic heterocycles. The van der Waals surface area contributed by atoms with E-state index in [0.717, 1.165) is 5.75 Å². The monoisotopic (exact) mass is 341 g/mol. The van der Waals surface area contributed by atoms with Crippen molar-refractivity contribution in [2.75, 3.05) is 18.1 Å². The Balaban J connectivity index is 2.00. The molecule has 0 amide bonds. The molecule has 5 atom stereocenters. The summed E-state index contributed by atoms with van der Waals surface area (Å²) in [5.41, 5.74) is 6.74. The summed E-state index contributed by atoms with van der Waals surface area (Å²) in [6.45, 7) is 1.48. The molecule has 23 heavy (non-hydrogen) atoms. The highest BCUT2D eigenvalue weighted by molar-refractivity contribution is 7.99. The third-order valence-corrected chi connectivity index (χ3v) is 5.07. The average Bonchev–Trinajstić information content (AvgIpc) is 3.10. The van der Waals surface area contributed by atoms with E-state index in [0.29, 0.717) is 11.2 Å². The lowest BCUT2D eigenvalue weighted by molar-refractivity contribution is -0.0949. The van der Waals surface area contributed by atoms with E-state index in [1.807, 2.05) is 6.92 Å². The molecule has 0 bridgehead atoms. The molecule has 9 nitrogen and oxygen atoms in total. The van der Waals surface area contributed by atoms with Crippen LogP contribution in [0.1, 0.15) is 13.2 Å². The van der Waals surface area contributed by atoms with Crippen LogP contribution in [-0.2, 0) is 4.74 Å². The van der Waals surface area contributed by atoms with Crippen LogP contribution in [0.2, 0.25) is 0 Å². The van der Waals surface area contributed by atoms with Gasteiger partial charge in [0.05, 0.1) is 24.3 Å². The van der Waals surface area contributed by atoms with E-state index < -0.39 is 31.1 Å². The Morgan fingerprint density at radius 2 is 2.22 bits per heavy atom. The molecule has 1 aliphatic rings. The number of ether oxygens (including phenoxy) is 1. The first kappa shape index (κ1) is 16.4. The van der Waals surface area contributed by atoms with Crippen molar-refractivity contribution in [2.45, 2.75) is 36.7 Å². The van der Waals surface area contributed by atoms with Crippen molar-refractivity contribution in [1.29, 1.82) is 0 Å². The Morgan fingerprint density at radius 1 is 1.43 bits per heavy atom. The number of aromatic nitrogens is 4. The SMILES string of the molecule is CCSC1C(O)C(C(O)CO)OC1n1cnc2c(N)ncnc21. The number of imidazole rings is 1. The molecule has 0 saturated carbocycles. The van der Waals surface area contributed by atoms with E-state index >= 15 is 0 Å². The highest BCUT2D eigenvalue weighted by Crippen LogP contribution is 2.40. The first-order chi connectivity index (χ1) is 11.1. The van der Waals surface area contributed by atoms with E-state index in [2.05, 4.69) is 15.0 Å². The van der Waals surface area contributed by atoms with E-state index in [1.54, 1.807) is 4.57 Å². The summed E-state index contributed by atoms with van der Waals surface area (Å²) in [6, 6.07) is 0. The van der Waals surface area contributed by atoms with Crippen LogP contribution >= 0.6 is 11.8 Å². The third-order valence-electron chi connectivity index (χ3n) is 3.84. The van der Waals surface area contributed by atoms with Crippen LogP contribution in [0.25, 0.3) is 11.2 Å². The summed E-state index contributed by atoms with van der Waals surface area (Å²) < 4.78 is 7.50. The highest BCUT2D eigenvalue weighted by Gasteiger charge is 2.47. The second-order valence-corrected chi connectivity index (χ2v) is 6.69. The van der Waals surface area contributed by atoms with Crippen LogP contribution in [0, 0.1) is 0 Å². The minimum Gasteiger partial charge on any atom is -0.394 e. The summed E-state index contributed by atoms with van der Waals surface area (Å²) >= 11 is 1.51. The second-order valence-electron chi connectivity index (χ2n) is 5.23. The lowest BCUT2D eigenvalue weighted by Crippen LogP contribution is -2.39. The molecule has 1 saturated heterocycles. The van der Waals surface area contributed by atoms with Gasteiger partial charge in [0.25, 0.3) is 0 Å². The zero-order valence-electron chi connectivity index (χ0n) is 12.5. The van der Waals surface area contributed by atoms with Crippen LogP contribution in [0.4, 0.5) is 5.82 Å². The summed E-state index contributed by atoms with van der Waals surface area (Å²) in [6.07, 6.45) is -0.688. The molecule has 3 heterocycles. The van der Waals surface area contributed by atoms with Gasteiger partial charge in [0, 0.05) is 0 Å². The van der Waals surface area contributed by atoms with Crippen LogP contribution in [0.15, 0.2) is 12.7 Å². The minimum atomic E-state index is -1.16. The van der Waals surface area contributed by atoms with Gasteiger partial charge in [0.1, 0.15) is 24.1 Å². The molecule has 5 N–H and O–H groups in total. The first-order valence-corrected chi connectivity index (χ1v) is 8.30. The van der Waals surface area contributed by atoms with Crippen molar-refractivity contribution in [2.24, 2.45) is 0 Å². The quantitative estimate of drug-likeness (QED) is 0.547. The highest BCUT2D eigenvalue weighted by atomic mass is 32.2. The van der Waals surface area contributed by atoms with Crippen molar-refractivity contribution >= 4 is 28.7 Å². The minimum absolute atomic E-state index is 0.263. The summed E-state index contributed by atoms with van der Waals surface area (Å²) in [5, 5.41) is 29.2. The molecular formula is C13H19N5O4S. The van der Waals surface area contributed by atoms with E-state index in [1.165, 1.54) is 24.4 Å². The van der Waals surface area contributed by atoms with Crippen molar-refractivity contribution in [3.8, 4) is 0 Å². The van der Waals surface area contributed by atoms with Gasteiger partial charge in [0.15, 0.2) is 17.7 Å². The number of fused-ring (bicyclic) bond motifs is 1. The number of aliphatic hydroxyl groups excluding tert-OH is 3. The molecule has 3 rings (SSSR count). The number of nitrogens with two attached hydrogens (primary N) is 1. The maximum absolute atomic E-state index is 10.5. The van der Waals surface area contributed by atoms with Crippen LogP contribution in [0.5, 0.6) is 0 Å². The number of thioether (sulfide) groups is 1. The molecule has 10 heteroatoms. The van der Waals surface area contributed by atoms with Crippen molar-refractivity contribution in [3.63, 3.8) is 0 Å². The zero-order chi connectivity index (χ0) is 16.6. The maximum atomic E-state index is 10.5. The second kappa shape index (κ2) is 6.57. The van der Waals surface area contributed by atoms with Gasteiger partial charge in [-0.3, -0.25) is 4.57 Å². The van der Waals surface area contributed by atoms with Crippen molar-refractivity contribution in [1.82, 2.24) is 19.5 Å². The molecule has 1 fully saturated rings. The van der Waals surface area contributed by atoms with E-state index in [-0.39, 0.29) is 11.1 Å². The van der Waals surface area contributed by atoms with Gasteiger partial charge >= 0.3 is 0 Å². The topological polar surface area (TPSA) is 140 Å². The third kappa shape index (κ3) is 2.76. The van der Waals surface area contributed by atoms with E-state index in [4.69, 9.17) is 15.6 Å². The van der Waals surface area contributed by atoms with Gasteiger partial charge in [-0.05, 0) is 5.75 Å². The first-order valence-electron chi connectivity index (χ1n) is 7.25. The van der Waals surface area contributed by atoms with Crippen LogP contribution in [0.3, 0.4) is 0 Å². The van der Waals surface area contributed by atoms with Gasteiger partial charge in [-0.15, -0.1) is 0 Å². The van der Waals surface area contributed by atoms with Crippen molar-refractivity contribution < 1.29 is 20.1 Å². The summed E-state index contributed by atoms with van der Waals surface area (Å²) in [7, 11) is 0. The van der Waals surface area contributed by atoms with Crippen molar-refractivity contribution in [3.05, 3.63) is 12.7 Å². The molecule has 126 valence electrons. The normalized spacial score (nSPS) is 29.2. The molecule has 2 aromatic heterocycles. The Labute approximate surface area is 136 Å². The Kier molecular flexibility index (Phi) is 4.69. The Hall–Kier alpha value is -1.46. The Bertz CT molecular complexity index is 683. The van der Waals surface area contributed by atoms with Crippen LogP contribution < -0.4 is 5.73 Å². The summed E-state index contributed by atoms with van der Waals surface area (Å²) in [5.74, 6) is 1.02. The zero-order valence-corrected chi connectivity index (χ0v) is 13.3. The largest absolute Gasteiger partial charge is 0.394 e. The maximum Gasteiger partial charge on any atom is 0.167 e. The molecule has 0 spiro atoms. The van der Waals surface area contributed by atoms with E-state index in [9.17, 15) is 10.2 Å². The number of rotatable bonds is 5. The fourth-order valence-electron chi connectivity index (χ4n) is 2.75. The number of aliphatic hydroxyl groups is 3. The molecule has 0 aliphatic carbocycles. The number of nitrogen functional groups attached to an aromatic ring is 1. The standard InChI is InChI=1S/C13H19N5O4S/c1-2-23-10-8(21)9(6(20)3-19)22-13(10)18-5-17-7-11(14)15-4-16-12(7)18/h4-6,8-10,13,19-21H,2-3H2,1H3,(H2,14,15,16). The number of hydrogen-bond donors (Lipinski definition) is 4. The fourth-order valence-corrected chi connectivity index (χ4v) is 3.85. The van der Waals surface area contributed by atoms with Gasteiger partial charge in [-0.1, -0.05) is 6.92 Å². The molecular weight excluding hydrogens is 322 g/mol. The number of hydrogen-bond acceptors (Lipinski definition) is 9. The fraction of sp³-hybridized carbons (Fsp3) is 0.615. The molecule has 0 aromatic carbocycles. The Morgan fingerprint density at radius 3 is 2.91 bits per heavy atom. The molecule has 2 aromatic rings. The summed E-state index contributed by atoms with van der Waals surface area (Å²) in [4.78, 5) is 12.3. The van der Waals surface area contributed by atoms with Crippen LogP contribution in [-0.4, -0.2) is 70.8 Å². The number of anilines is 1. The molecule has 0 radical (unpaired) electrons. The number of nitrogens with zero attached hydrogens (tertiary/aromatic N) is 4. The lowest BCUT2D eigenvalue weighted by atomic mass is 10.1. The smallest absolute Gasteiger partial charge is 0.167 e.